The minimum absolute atomic E-state index is 0.184. The number of rotatable bonds is 3. The van der Waals surface area contributed by atoms with Gasteiger partial charge in [0, 0.05) is 43.5 Å². The lowest BCUT2D eigenvalue weighted by molar-refractivity contribution is 0.0702. The molecule has 1 saturated carbocycles. The molecule has 122 valence electrons. The van der Waals surface area contributed by atoms with Crippen LogP contribution < -0.4 is 0 Å². The van der Waals surface area contributed by atoms with Crippen LogP contribution >= 0.6 is 0 Å². The van der Waals surface area contributed by atoms with Crippen molar-refractivity contribution in [3.8, 4) is 0 Å². The second-order valence-electron chi connectivity index (χ2n) is 6.24. The summed E-state index contributed by atoms with van der Waals surface area (Å²) >= 11 is 0. The van der Waals surface area contributed by atoms with E-state index >= 15 is 0 Å². The number of aromatic amines is 1. The first-order valence-electron chi connectivity index (χ1n) is 7.75. The van der Waals surface area contributed by atoms with Crippen LogP contribution in [0.5, 0.6) is 0 Å². The molecule has 2 aromatic rings. The first-order chi connectivity index (χ1) is 11.0. The summed E-state index contributed by atoms with van der Waals surface area (Å²) in [4.78, 5) is 21.3. The number of halogens is 2. The van der Waals surface area contributed by atoms with Gasteiger partial charge in [0.15, 0.2) is 0 Å². The molecule has 1 atom stereocenters. The average Bonchev–Trinajstić information content (AvgIpc) is 3.03. The van der Waals surface area contributed by atoms with E-state index in [0.717, 1.165) is 18.5 Å². The standard InChI is InChI=1S/C15H17F2N5O/c16-15(17)7-13(15)22-6-3-11(20-22)14(23)21-4-1-10(2-5-21)12-8-18-9-19-12/h3,6,8-10,13H,1-2,4-5,7H2,(H,18,19). The van der Waals surface area contributed by atoms with Crippen LogP contribution in [0.3, 0.4) is 0 Å². The Labute approximate surface area is 131 Å². The van der Waals surface area contributed by atoms with Crippen molar-refractivity contribution >= 4 is 5.91 Å². The Morgan fingerprint density at radius 1 is 1.35 bits per heavy atom. The number of H-pyrrole nitrogens is 1. The highest BCUT2D eigenvalue weighted by Gasteiger charge is 2.59. The second-order valence-corrected chi connectivity index (χ2v) is 6.24. The number of piperidine rings is 1. The topological polar surface area (TPSA) is 66.8 Å². The van der Waals surface area contributed by atoms with Gasteiger partial charge in [-0.2, -0.15) is 5.10 Å². The van der Waals surface area contributed by atoms with Crippen LogP contribution in [0.15, 0.2) is 24.8 Å². The van der Waals surface area contributed by atoms with Gasteiger partial charge in [-0.1, -0.05) is 0 Å². The number of imidazole rings is 1. The molecular weight excluding hydrogens is 304 g/mol. The van der Waals surface area contributed by atoms with E-state index < -0.39 is 12.0 Å². The number of alkyl halides is 2. The number of nitrogens with one attached hydrogen (secondary N) is 1. The minimum atomic E-state index is -2.69. The van der Waals surface area contributed by atoms with Gasteiger partial charge in [0.1, 0.15) is 11.7 Å². The maximum Gasteiger partial charge on any atom is 0.274 e. The highest BCUT2D eigenvalue weighted by Crippen LogP contribution is 2.52. The van der Waals surface area contributed by atoms with Crippen molar-refractivity contribution in [2.24, 2.45) is 0 Å². The molecule has 0 radical (unpaired) electrons. The molecular formula is C15H17F2N5O. The van der Waals surface area contributed by atoms with Gasteiger partial charge in [-0.25, -0.2) is 13.8 Å². The van der Waals surface area contributed by atoms with E-state index in [1.54, 1.807) is 11.2 Å². The third-order valence-electron chi connectivity index (χ3n) is 4.68. The zero-order valence-electron chi connectivity index (χ0n) is 12.5. The Kier molecular flexibility index (Phi) is 3.21. The van der Waals surface area contributed by atoms with Gasteiger partial charge in [0.05, 0.1) is 6.33 Å². The molecule has 4 rings (SSSR count). The molecule has 0 aromatic carbocycles. The molecule has 2 aromatic heterocycles. The Morgan fingerprint density at radius 3 is 2.70 bits per heavy atom. The van der Waals surface area contributed by atoms with E-state index in [0.29, 0.717) is 19.0 Å². The Balaban J connectivity index is 1.39. The van der Waals surface area contributed by atoms with E-state index in [4.69, 9.17) is 0 Å². The fourth-order valence-electron chi connectivity index (χ4n) is 3.16. The van der Waals surface area contributed by atoms with Crippen molar-refractivity contribution in [2.45, 2.75) is 37.1 Å². The highest BCUT2D eigenvalue weighted by atomic mass is 19.3. The number of carbonyl (C=O) groups excluding carboxylic acids is 1. The molecule has 1 N–H and O–H groups in total. The van der Waals surface area contributed by atoms with Gasteiger partial charge >= 0.3 is 0 Å². The van der Waals surface area contributed by atoms with E-state index in [-0.39, 0.29) is 18.0 Å². The number of hydrogen-bond acceptors (Lipinski definition) is 3. The van der Waals surface area contributed by atoms with Crippen molar-refractivity contribution < 1.29 is 13.6 Å². The van der Waals surface area contributed by atoms with Crippen molar-refractivity contribution in [1.29, 1.82) is 0 Å². The quantitative estimate of drug-likeness (QED) is 0.942. The van der Waals surface area contributed by atoms with Gasteiger partial charge in [0.25, 0.3) is 11.8 Å². The Bertz CT molecular complexity index is 703. The molecule has 2 fully saturated rings. The molecule has 23 heavy (non-hydrogen) atoms. The van der Waals surface area contributed by atoms with Gasteiger partial charge in [0.2, 0.25) is 0 Å². The molecule has 1 aliphatic carbocycles. The van der Waals surface area contributed by atoms with Gasteiger partial charge in [-0.3, -0.25) is 9.48 Å². The van der Waals surface area contributed by atoms with Crippen LogP contribution in [0.25, 0.3) is 0 Å². The van der Waals surface area contributed by atoms with Crippen molar-refractivity contribution in [2.75, 3.05) is 13.1 Å². The fraction of sp³-hybridized carbons (Fsp3) is 0.533. The van der Waals surface area contributed by atoms with Crippen LogP contribution in [-0.2, 0) is 0 Å². The second kappa shape index (κ2) is 5.14. The third-order valence-corrected chi connectivity index (χ3v) is 4.68. The summed E-state index contributed by atoms with van der Waals surface area (Å²) in [6.07, 6.45) is 6.46. The third kappa shape index (κ3) is 2.62. The largest absolute Gasteiger partial charge is 0.348 e. The van der Waals surface area contributed by atoms with Crippen LogP contribution in [0, 0.1) is 0 Å². The van der Waals surface area contributed by atoms with E-state index in [1.807, 2.05) is 6.20 Å². The molecule has 6 nitrogen and oxygen atoms in total. The first-order valence-corrected chi connectivity index (χ1v) is 7.75. The number of carbonyl (C=O) groups is 1. The first kappa shape index (κ1) is 14.3. The molecule has 0 spiro atoms. The summed E-state index contributed by atoms with van der Waals surface area (Å²) in [6, 6.07) is 0.632. The zero-order valence-corrected chi connectivity index (χ0v) is 12.5. The monoisotopic (exact) mass is 321 g/mol. The van der Waals surface area contributed by atoms with Gasteiger partial charge < -0.3 is 9.88 Å². The van der Waals surface area contributed by atoms with E-state index in [1.165, 1.54) is 16.9 Å². The number of aromatic nitrogens is 4. The van der Waals surface area contributed by atoms with Crippen LogP contribution in [0.4, 0.5) is 8.78 Å². The molecule has 1 unspecified atom stereocenters. The summed E-state index contributed by atoms with van der Waals surface area (Å²) < 4.78 is 27.3. The van der Waals surface area contributed by atoms with Crippen molar-refractivity contribution in [3.63, 3.8) is 0 Å². The lowest BCUT2D eigenvalue weighted by atomic mass is 9.94. The smallest absolute Gasteiger partial charge is 0.274 e. The lowest BCUT2D eigenvalue weighted by Crippen LogP contribution is -2.38. The fourth-order valence-corrected chi connectivity index (χ4v) is 3.16. The van der Waals surface area contributed by atoms with Crippen LogP contribution in [-0.4, -0.2) is 49.6 Å². The summed E-state index contributed by atoms with van der Waals surface area (Å²) in [7, 11) is 0. The van der Waals surface area contributed by atoms with Crippen molar-refractivity contribution in [1.82, 2.24) is 24.6 Å². The Hall–Kier alpha value is -2.25. The average molecular weight is 321 g/mol. The number of hydrogen-bond donors (Lipinski definition) is 1. The highest BCUT2D eigenvalue weighted by molar-refractivity contribution is 5.92. The van der Waals surface area contributed by atoms with Crippen LogP contribution in [0.2, 0.25) is 0 Å². The molecule has 1 saturated heterocycles. The number of likely N-dealkylation sites (tertiary alicyclic amines) is 1. The SMILES string of the molecule is O=C(c1ccn(C2CC2(F)F)n1)N1CCC(c2cnc[nH]2)CC1. The summed E-state index contributed by atoms with van der Waals surface area (Å²) in [5, 5.41) is 4.04. The van der Waals surface area contributed by atoms with Crippen molar-refractivity contribution in [3.05, 3.63) is 36.2 Å². The maximum atomic E-state index is 13.1. The summed E-state index contributed by atoms with van der Waals surface area (Å²) in [5.41, 5.74) is 1.34. The molecule has 1 amide bonds. The molecule has 1 aliphatic heterocycles. The number of amides is 1. The number of nitrogens with zero attached hydrogens (tertiary/aromatic N) is 4. The normalized spacial score (nSPS) is 23.9. The molecule has 3 heterocycles. The zero-order chi connectivity index (χ0) is 16.0. The lowest BCUT2D eigenvalue weighted by Gasteiger charge is -2.31. The van der Waals surface area contributed by atoms with Crippen LogP contribution in [0.1, 0.15) is 47.4 Å². The predicted molar refractivity (Wildman–Crippen MR) is 77.3 cm³/mol. The molecule has 0 bridgehead atoms. The summed E-state index contributed by atoms with van der Waals surface area (Å²) in [5.74, 6) is -2.49. The molecule has 2 aliphatic rings. The summed E-state index contributed by atoms with van der Waals surface area (Å²) in [6.45, 7) is 1.27. The van der Waals surface area contributed by atoms with Gasteiger partial charge in [-0.15, -0.1) is 0 Å². The maximum absolute atomic E-state index is 13.1. The van der Waals surface area contributed by atoms with Gasteiger partial charge in [-0.05, 0) is 18.9 Å². The van der Waals surface area contributed by atoms with E-state index in [2.05, 4.69) is 15.1 Å². The van der Waals surface area contributed by atoms with E-state index in [9.17, 15) is 13.6 Å². The minimum Gasteiger partial charge on any atom is -0.348 e. The predicted octanol–water partition coefficient (Wildman–Crippen LogP) is 2.21. The molecule has 8 heteroatoms. The Morgan fingerprint density at radius 2 is 2.09 bits per heavy atom.